The highest BCUT2D eigenvalue weighted by Crippen LogP contribution is 2.18. The van der Waals surface area contributed by atoms with Crippen LogP contribution < -0.4 is 11.5 Å². The first-order valence-electron chi connectivity index (χ1n) is 4.21. The minimum absolute atomic E-state index is 0.392. The molecule has 0 aromatic heterocycles. The molecule has 0 aliphatic carbocycles. The maximum absolute atomic E-state index is 5.75. The summed E-state index contributed by atoms with van der Waals surface area (Å²) in [6.07, 6.45) is 0. The van der Waals surface area contributed by atoms with Crippen LogP contribution in [0.2, 0.25) is 0 Å². The third kappa shape index (κ3) is 2.01. The van der Waals surface area contributed by atoms with E-state index in [9.17, 15) is 0 Å². The summed E-state index contributed by atoms with van der Waals surface area (Å²) in [5.41, 5.74) is 15.1. The van der Waals surface area contributed by atoms with Crippen LogP contribution in [0.4, 0.5) is 5.69 Å². The first kappa shape index (κ1) is 9.63. The van der Waals surface area contributed by atoms with E-state index in [1.165, 1.54) is 0 Å². The molecule has 2 heteroatoms. The highest BCUT2D eigenvalue weighted by Gasteiger charge is 2.00. The number of hydrogen-bond acceptors (Lipinski definition) is 2. The summed E-state index contributed by atoms with van der Waals surface area (Å²) < 4.78 is 0. The maximum Gasteiger partial charge on any atom is 0.0555 e. The van der Waals surface area contributed by atoms with Crippen LogP contribution in [0.3, 0.4) is 0 Å². The van der Waals surface area contributed by atoms with E-state index in [1.807, 2.05) is 26.0 Å². The van der Waals surface area contributed by atoms with Crippen LogP contribution in [0.15, 0.2) is 12.1 Å². The predicted octanol–water partition coefficient (Wildman–Crippen LogP) is 1.20. The Kier molecular flexibility index (Phi) is 2.94. The molecule has 13 heavy (non-hydrogen) atoms. The number of anilines is 1. The molecule has 0 aliphatic heterocycles. The van der Waals surface area contributed by atoms with Crippen LogP contribution in [-0.4, -0.2) is 6.54 Å². The number of rotatable bonds is 0. The molecule has 1 rings (SSSR count). The van der Waals surface area contributed by atoms with Crippen molar-refractivity contribution in [3.63, 3.8) is 0 Å². The van der Waals surface area contributed by atoms with Gasteiger partial charge in [0.15, 0.2) is 0 Å². The minimum Gasteiger partial charge on any atom is -0.399 e. The van der Waals surface area contributed by atoms with Gasteiger partial charge in [0.25, 0.3) is 0 Å². The summed E-state index contributed by atoms with van der Waals surface area (Å²) in [5, 5.41) is 0. The average molecular weight is 174 g/mol. The van der Waals surface area contributed by atoms with E-state index in [1.54, 1.807) is 0 Å². The Morgan fingerprint density at radius 3 is 2.54 bits per heavy atom. The molecule has 1 aromatic rings. The summed E-state index contributed by atoms with van der Waals surface area (Å²) in [6, 6.07) is 3.81. The van der Waals surface area contributed by atoms with Crippen molar-refractivity contribution in [2.45, 2.75) is 13.8 Å². The molecule has 0 amide bonds. The summed E-state index contributed by atoms with van der Waals surface area (Å²) in [5.74, 6) is 5.84. The fourth-order valence-electron chi connectivity index (χ4n) is 1.12. The average Bonchev–Trinajstić information content (AvgIpc) is 2.13. The predicted molar refractivity (Wildman–Crippen MR) is 56.3 cm³/mol. The SMILES string of the molecule is Cc1c(N)ccc(C#CCN)c1C. The van der Waals surface area contributed by atoms with Crippen molar-refractivity contribution in [2.24, 2.45) is 5.73 Å². The number of benzene rings is 1. The lowest BCUT2D eigenvalue weighted by Gasteiger charge is -2.05. The number of hydrogen-bond donors (Lipinski definition) is 2. The molecule has 0 radical (unpaired) electrons. The fourth-order valence-corrected chi connectivity index (χ4v) is 1.12. The molecule has 0 heterocycles. The molecule has 0 spiro atoms. The molecule has 0 saturated heterocycles. The Bertz CT molecular complexity index is 370. The van der Waals surface area contributed by atoms with Crippen LogP contribution in [-0.2, 0) is 0 Å². The lowest BCUT2D eigenvalue weighted by Crippen LogP contribution is -1.96. The van der Waals surface area contributed by atoms with Gasteiger partial charge in [0.05, 0.1) is 6.54 Å². The molecule has 0 aliphatic rings. The monoisotopic (exact) mass is 174 g/mol. The zero-order valence-electron chi connectivity index (χ0n) is 8.02. The summed E-state index contributed by atoms with van der Waals surface area (Å²) >= 11 is 0. The summed E-state index contributed by atoms with van der Waals surface area (Å²) in [6.45, 7) is 4.41. The van der Waals surface area contributed by atoms with Crippen molar-refractivity contribution < 1.29 is 0 Å². The smallest absolute Gasteiger partial charge is 0.0555 e. The Hall–Kier alpha value is -1.46. The largest absolute Gasteiger partial charge is 0.399 e. The van der Waals surface area contributed by atoms with Gasteiger partial charge in [-0.25, -0.2) is 0 Å². The molecule has 1 aromatic carbocycles. The third-order valence-corrected chi connectivity index (χ3v) is 2.15. The molecule has 2 nitrogen and oxygen atoms in total. The van der Waals surface area contributed by atoms with Gasteiger partial charge in [-0.15, -0.1) is 0 Å². The van der Waals surface area contributed by atoms with Crippen LogP contribution >= 0.6 is 0 Å². The molecule has 0 atom stereocenters. The molecular formula is C11H14N2. The van der Waals surface area contributed by atoms with E-state index in [2.05, 4.69) is 11.8 Å². The second-order valence-corrected chi connectivity index (χ2v) is 2.96. The lowest BCUT2D eigenvalue weighted by molar-refractivity contribution is 1.29. The fraction of sp³-hybridized carbons (Fsp3) is 0.273. The molecule has 68 valence electrons. The van der Waals surface area contributed by atoms with Crippen molar-refractivity contribution in [1.82, 2.24) is 0 Å². The first-order valence-corrected chi connectivity index (χ1v) is 4.21. The highest BCUT2D eigenvalue weighted by atomic mass is 14.6. The summed E-state index contributed by atoms with van der Waals surface area (Å²) in [4.78, 5) is 0. The number of nitrogen functional groups attached to an aromatic ring is 1. The zero-order chi connectivity index (χ0) is 9.84. The van der Waals surface area contributed by atoms with Gasteiger partial charge < -0.3 is 11.5 Å². The van der Waals surface area contributed by atoms with E-state index >= 15 is 0 Å². The molecule has 0 saturated carbocycles. The van der Waals surface area contributed by atoms with Crippen LogP contribution in [0, 0.1) is 25.7 Å². The van der Waals surface area contributed by atoms with Gasteiger partial charge in [-0.3, -0.25) is 0 Å². The van der Waals surface area contributed by atoms with Crippen molar-refractivity contribution in [1.29, 1.82) is 0 Å². The molecule has 0 fully saturated rings. The first-order chi connectivity index (χ1) is 6.16. The van der Waals surface area contributed by atoms with Crippen molar-refractivity contribution >= 4 is 5.69 Å². The molecule has 0 bridgehead atoms. The van der Waals surface area contributed by atoms with E-state index < -0.39 is 0 Å². The maximum atomic E-state index is 5.75. The van der Waals surface area contributed by atoms with Gasteiger partial charge in [-0.1, -0.05) is 11.8 Å². The third-order valence-electron chi connectivity index (χ3n) is 2.15. The van der Waals surface area contributed by atoms with E-state index in [0.717, 1.165) is 22.4 Å². The Labute approximate surface area is 78.9 Å². The van der Waals surface area contributed by atoms with Gasteiger partial charge in [-0.2, -0.15) is 0 Å². The summed E-state index contributed by atoms with van der Waals surface area (Å²) in [7, 11) is 0. The quantitative estimate of drug-likeness (QED) is 0.458. The highest BCUT2D eigenvalue weighted by molar-refractivity contribution is 5.56. The van der Waals surface area contributed by atoms with Gasteiger partial charge in [0.2, 0.25) is 0 Å². The second-order valence-electron chi connectivity index (χ2n) is 2.96. The topological polar surface area (TPSA) is 52.0 Å². The molecular weight excluding hydrogens is 160 g/mol. The van der Waals surface area contributed by atoms with E-state index in [-0.39, 0.29) is 0 Å². The van der Waals surface area contributed by atoms with E-state index in [4.69, 9.17) is 11.5 Å². The van der Waals surface area contributed by atoms with Crippen molar-refractivity contribution in [3.05, 3.63) is 28.8 Å². The van der Waals surface area contributed by atoms with Crippen molar-refractivity contribution in [2.75, 3.05) is 12.3 Å². The second kappa shape index (κ2) is 3.97. The van der Waals surface area contributed by atoms with Crippen LogP contribution in [0.25, 0.3) is 0 Å². The minimum atomic E-state index is 0.392. The normalized spacial score (nSPS) is 9.15. The van der Waals surface area contributed by atoms with Gasteiger partial charge >= 0.3 is 0 Å². The Balaban J connectivity index is 3.18. The van der Waals surface area contributed by atoms with Gasteiger partial charge in [0, 0.05) is 11.3 Å². The Morgan fingerprint density at radius 1 is 1.23 bits per heavy atom. The zero-order valence-corrected chi connectivity index (χ0v) is 8.02. The molecule has 0 unspecified atom stereocenters. The Morgan fingerprint density at radius 2 is 1.92 bits per heavy atom. The van der Waals surface area contributed by atoms with Crippen LogP contribution in [0.5, 0.6) is 0 Å². The van der Waals surface area contributed by atoms with Crippen molar-refractivity contribution in [3.8, 4) is 11.8 Å². The van der Waals surface area contributed by atoms with E-state index in [0.29, 0.717) is 6.54 Å². The molecule has 4 N–H and O–H groups in total. The number of nitrogens with two attached hydrogens (primary N) is 2. The van der Waals surface area contributed by atoms with Crippen LogP contribution in [0.1, 0.15) is 16.7 Å². The standard InChI is InChI=1S/C11H14N2/c1-8-9(2)11(13)6-5-10(8)4-3-7-12/h5-6H,7,12-13H2,1-2H3. The van der Waals surface area contributed by atoms with Gasteiger partial charge in [0.1, 0.15) is 0 Å². The lowest BCUT2D eigenvalue weighted by atomic mass is 10.0. The van der Waals surface area contributed by atoms with Gasteiger partial charge in [-0.05, 0) is 37.1 Å².